The van der Waals surface area contributed by atoms with Crippen LogP contribution in [0.25, 0.3) is 0 Å². The first-order valence-corrected chi connectivity index (χ1v) is 4.89. The molecule has 1 unspecified atom stereocenters. The molecule has 0 spiro atoms. The van der Waals surface area contributed by atoms with Crippen LogP contribution in [0.5, 0.6) is 0 Å². The fraction of sp³-hybridized carbons (Fsp3) is 0.200. The molecule has 1 N–H and O–H groups in total. The van der Waals surface area contributed by atoms with Crippen molar-refractivity contribution in [1.82, 2.24) is 4.98 Å². The minimum absolute atomic E-state index is 0.422. The van der Waals surface area contributed by atoms with Crippen LogP contribution in [0.2, 0.25) is 0 Å². The van der Waals surface area contributed by atoms with Gasteiger partial charge in [-0.2, -0.15) is 0 Å². The first-order valence-electron chi connectivity index (χ1n) is 4.10. The Morgan fingerprint density at radius 2 is 2.50 bits per heavy atom. The van der Waals surface area contributed by atoms with E-state index in [1.165, 1.54) is 0 Å². The molecule has 0 radical (unpaired) electrons. The Kier molecular flexibility index (Phi) is 3.83. The van der Waals surface area contributed by atoms with Gasteiger partial charge in [0.05, 0.1) is 5.92 Å². The molecular weight excluding hydrogens is 246 g/mol. The highest BCUT2D eigenvalue weighted by Gasteiger charge is 2.18. The molecule has 0 aliphatic heterocycles. The van der Waals surface area contributed by atoms with Gasteiger partial charge in [0.2, 0.25) is 0 Å². The van der Waals surface area contributed by atoms with E-state index in [1.807, 2.05) is 0 Å². The number of carboxylic acid groups (broad SMARTS) is 1. The molecule has 0 aliphatic carbocycles. The standard InChI is InChI=1S/C10H10BrNO2/c1-2-3-8(10(13)14)7-4-5-12-9(11)6-7/h2,4-6,8H,1,3H2,(H,13,14). The van der Waals surface area contributed by atoms with Crippen LogP contribution < -0.4 is 0 Å². The second-order valence-electron chi connectivity index (χ2n) is 2.83. The van der Waals surface area contributed by atoms with Crippen LogP contribution in [0, 0.1) is 0 Å². The largest absolute Gasteiger partial charge is 0.481 e. The molecule has 3 nitrogen and oxygen atoms in total. The highest BCUT2D eigenvalue weighted by Crippen LogP contribution is 2.22. The van der Waals surface area contributed by atoms with Crippen molar-refractivity contribution in [3.8, 4) is 0 Å². The minimum Gasteiger partial charge on any atom is -0.481 e. The molecule has 0 saturated carbocycles. The number of carbonyl (C=O) groups is 1. The lowest BCUT2D eigenvalue weighted by Gasteiger charge is -2.09. The van der Waals surface area contributed by atoms with Gasteiger partial charge < -0.3 is 5.11 Å². The Hall–Kier alpha value is -1.16. The SMILES string of the molecule is C=CCC(C(=O)O)c1ccnc(Br)c1. The smallest absolute Gasteiger partial charge is 0.311 e. The molecule has 0 saturated heterocycles. The number of rotatable bonds is 4. The first-order chi connectivity index (χ1) is 6.65. The lowest BCUT2D eigenvalue weighted by molar-refractivity contribution is -0.138. The van der Waals surface area contributed by atoms with E-state index in [4.69, 9.17) is 5.11 Å². The van der Waals surface area contributed by atoms with Crippen molar-refractivity contribution in [2.45, 2.75) is 12.3 Å². The summed E-state index contributed by atoms with van der Waals surface area (Å²) in [7, 11) is 0. The average molecular weight is 256 g/mol. The van der Waals surface area contributed by atoms with Crippen LogP contribution in [-0.4, -0.2) is 16.1 Å². The van der Waals surface area contributed by atoms with Gasteiger partial charge in [0.1, 0.15) is 4.60 Å². The van der Waals surface area contributed by atoms with E-state index in [1.54, 1.807) is 24.4 Å². The third-order valence-corrected chi connectivity index (χ3v) is 2.29. The van der Waals surface area contributed by atoms with E-state index in [0.29, 0.717) is 11.0 Å². The van der Waals surface area contributed by atoms with Crippen LogP contribution in [0.15, 0.2) is 35.6 Å². The normalized spacial score (nSPS) is 12.1. The van der Waals surface area contributed by atoms with E-state index in [-0.39, 0.29) is 0 Å². The van der Waals surface area contributed by atoms with Crippen LogP contribution in [0.1, 0.15) is 17.9 Å². The maximum atomic E-state index is 10.9. The highest BCUT2D eigenvalue weighted by atomic mass is 79.9. The molecule has 0 fully saturated rings. The molecule has 0 aliphatic rings. The Morgan fingerprint density at radius 1 is 1.79 bits per heavy atom. The number of aromatic nitrogens is 1. The molecule has 1 aromatic heterocycles. The molecule has 0 aromatic carbocycles. The number of carboxylic acids is 1. The van der Waals surface area contributed by atoms with Crippen molar-refractivity contribution in [1.29, 1.82) is 0 Å². The monoisotopic (exact) mass is 255 g/mol. The van der Waals surface area contributed by atoms with Gasteiger partial charge in [0.15, 0.2) is 0 Å². The summed E-state index contributed by atoms with van der Waals surface area (Å²) in [4.78, 5) is 14.9. The minimum atomic E-state index is -0.844. The molecule has 1 rings (SSSR count). The van der Waals surface area contributed by atoms with Gasteiger partial charge in [-0.25, -0.2) is 4.98 Å². The molecule has 14 heavy (non-hydrogen) atoms. The number of nitrogens with zero attached hydrogens (tertiary/aromatic N) is 1. The molecule has 0 amide bonds. The van der Waals surface area contributed by atoms with Gasteiger partial charge in [-0.05, 0) is 40.0 Å². The van der Waals surface area contributed by atoms with Crippen LogP contribution >= 0.6 is 15.9 Å². The Bertz CT molecular complexity index is 352. The number of hydrogen-bond donors (Lipinski definition) is 1. The van der Waals surface area contributed by atoms with Gasteiger partial charge in [-0.3, -0.25) is 4.79 Å². The van der Waals surface area contributed by atoms with Gasteiger partial charge in [-0.15, -0.1) is 6.58 Å². The molecule has 74 valence electrons. The lowest BCUT2D eigenvalue weighted by Crippen LogP contribution is -2.10. The molecule has 0 bridgehead atoms. The number of aliphatic carboxylic acids is 1. The number of pyridine rings is 1. The van der Waals surface area contributed by atoms with Crippen molar-refractivity contribution >= 4 is 21.9 Å². The summed E-state index contributed by atoms with van der Waals surface area (Å²) in [5.74, 6) is -1.38. The molecule has 4 heteroatoms. The number of allylic oxidation sites excluding steroid dienone is 1. The van der Waals surface area contributed by atoms with E-state index in [9.17, 15) is 4.79 Å². The maximum Gasteiger partial charge on any atom is 0.311 e. The van der Waals surface area contributed by atoms with E-state index < -0.39 is 11.9 Å². The summed E-state index contributed by atoms with van der Waals surface area (Å²) >= 11 is 3.20. The average Bonchev–Trinajstić information content (AvgIpc) is 2.13. The highest BCUT2D eigenvalue weighted by molar-refractivity contribution is 9.10. The molecule has 1 aromatic rings. The predicted molar refractivity (Wildman–Crippen MR) is 57.1 cm³/mol. The van der Waals surface area contributed by atoms with Gasteiger partial charge in [-0.1, -0.05) is 6.08 Å². The molecule has 1 atom stereocenters. The third-order valence-electron chi connectivity index (χ3n) is 1.85. The van der Waals surface area contributed by atoms with E-state index in [2.05, 4.69) is 27.5 Å². The number of halogens is 1. The van der Waals surface area contributed by atoms with Gasteiger partial charge in [0.25, 0.3) is 0 Å². The summed E-state index contributed by atoms with van der Waals surface area (Å²) in [6.45, 7) is 3.54. The second-order valence-corrected chi connectivity index (χ2v) is 3.64. The second kappa shape index (κ2) is 4.91. The van der Waals surface area contributed by atoms with Crippen molar-refractivity contribution in [3.63, 3.8) is 0 Å². The summed E-state index contributed by atoms with van der Waals surface area (Å²) < 4.78 is 0.644. The lowest BCUT2D eigenvalue weighted by atomic mass is 9.97. The molecule has 1 heterocycles. The Labute approximate surface area is 90.6 Å². The van der Waals surface area contributed by atoms with Crippen LogP contribution in [0.4, 0.5) is 0 Å². The summed E-state index contributed by atoms with van der Waals surface area (Å²) in [6, 6.07) is 3.41. The topological polar surface area (TPSA) is 50.2 Å². The first kappa shape index (κ1) is 10.9. The predicted octanol–water partition coefficient (Wildman–Crippen LogP) is 2.59. The zero-order valence-corrected chi connectivity index (χ0v) is 9.07. The quantitative estimate of drug-likeness (QED) is 0.665. The van der Waals surface area contributed by atoms with Gasteiger partial charge in [0, 0.05) is 6.20 Å². The fourth-order valence-electron chi connectivity index (χ4n) is 1.18. The van der Waals surface area contributed by atoms with Crippen LogP contribution in [0.3, 0.4) is 0 Å². The maximum absolute atomic E-state index is 10.9. The Balaban J connectivity index is 2.98. The molecular formula is C10H10BrNO2. The van der Waals surface area contributed by atoms with Crippen molar-refractivity contribution < 1.29 is 9.90 Å². The zero-order chi connectivity index (χ0) is 10.6. The summed E-state index contributed by atoms with van der Waals surface area (Å²) in [5.41, 5.74) is 0.735. The van der Waals surface area contributed by atoms with Crippen LogP contribution in [-0.2, 0) is 4.79 Å². The zero-order valence-electron chi connectivity index (χ0n) is 7.48. The fourth-order valence-corrected chi connectivity index (χ4v) is 1.56. The van der Waals surface area contributed by atoms with Crippen molar-refractivity contribution in [2.75, 3.05) is 0 Å². The van der Waals surface area contributed by atoms with Gasteiger partial charge >= 0.3 is 5.97 Å². The summed E-state index contributed by atoms with van der Waals surface area (Å²) in [6.07, 6.45) is 3.61. The third kappa shape index (κ3) is 2.67. The van der Waals surface area contributed by atoms with Crippen molar-refractivity contribution in [3.05, 3.63) is 41.2 Å². The van der Waals surface area contributed by atoms with E-state index >= 15 is 0 Å². The van der Waals surface area contributed by atoms with Crippen molar-refractivity contribution in [2.24, 2.45) is 0 Å². The summed E-state index contributed by atoms with van der Waals surface area (Å²) in [5, 5.41) is 8.97. The number of hydrogen-bond acceptors (Lipinski definition) is 2. The van der Waals surface area contributed by atoms with E-state index in [0.717, 1.165) is 5.56 Å². The Morgan fingerprint density at radius 3 is 3.00 bits per heavy atom.